The van der Waals surface area contributed by atoms with Crippen LogP contribution in [0, 0.1) is 0 Å². The van der Waals surface area contributed by atoms with E-state index in [1.165, 1.54) is 5.56 Å². The molecule has 8 heteroatoms. The normalized spacial score (nSPS) is 17.5. The number of aliphatic imine (C=N–C) groups is 1. The summed E-state index contributed by atoms with van der Waals surface area (Å²) >= 11 is 0. The number of hydrogen-bond donors (Lipinski definition) is 1. The van der Waals surface area contributed by atoms with E-state index < -0.39 is 14.6 Å². The minimum Gasteiger partial charge on any atom is -0.489 e. The molecule has 2 aromatic rings. The lowest BCUT2D eigenvalue weighted by atomic mass is 10.1. The molecule has 0 unspecified atom stereocenters. The van der Waals surface area contributed by atoms with Crippen LogP contribution in [0.25, 0.3) is 0 Å². The van der Waals surface area contributed by atoms with E-state index in [-0.39, 0.29) is 29.7 Å². The Hall–Kier alpha value is -1.81. The number of nitrogens with zero attached hydrogens (tertiary/aromatic N) is 2. The number of rotatable bonds is 6. The molecule has 0 amide bonds. The first-order chi connectivity index (χ1) is 14.3. The van der Waals surface area contributed by atoms with Crippen LogP contribution >= 0.6 is 24.0 Å². The third-order valence-corrected chi connectivity index (χ3v) is 7.96. The summed E-state index contributed by atoms with van der Waals surface area (Å²) in [5.74, 6) is 1.76. The minimum atomic E-state index is -3.06. The SMILES string of the molecule is CN=C(NCCc1ccc(OCc2ccccc2)cc1)N1CCS(=O)(=O)C(C)(C)C1.I. The molecular weight excluding hydrogens is 525 g/mol. The van der Waals surface area contributed by atoms with Crippen molar-refractivity contribution >= 4 is 39.8 Å². The van der Waals surface area contributed by atoms with Crippen molar-refractivity contribution in [3.05, 3.63) is 65.7 Å². The highest BCUT2D eigenvalue weighted by atomic mass is 127. The quantitative estimate of drug-likeness (QED) is 0.335. The van der Waals surface area contributed by atoms with Gasteiger partial charge in [-0.15, -0.1) is 24.0 Å². The molecule has 1 fully saturated rings. The molecule has 1 aliphatic heterocycles. The van der Waals surface area contributed by atoms with Crippen LogP contribution in [0.5, 0.6) is 5.75 Å². The Kier molecular flexibility index (Phi) is 9.17. The summed E-state index contributed by atoms with van der Waals surface area (Å²) < 4.78 is 29.5. The summed E-state index contributed by atoms with van der Waals surface area (Å²) in [4.78, 5) is 6.37. The van der Waals surface area contributed by atoms with Crippen LogP contribution in [-0.2, 0) is 22.9 Å². The van der Waals surface area contributed by atoms with E-state index in [9.17, 15) is 8.42 Å². The number of benzene rings is 2. The average molecular weight is 557 g/mol. The highest BCUT2D eigenvalue weighted by Gasteiger charge is 2.40. The first-order valence-electron chi connectivity index (χ1n) is 10.2. The van der Waals surface area contributed by atoms with E-state index in [1.807, 2.05) is 47.4 Å². The van der Waals surface area contributed by atoms with Crippen molar-refractivity contribution < 1.29 is 13.2 Å². The molecular formula is C23H32IN3O3S. The Morgan fingerprint density at radius 1 is 1.10 bits per heavy atom. The fourth-order valence-corrected chi connectivity index (χ4v) is 4.83. The van der Waals surface area contributed by atoms with E-state index in [0.717, 1.165) is 30.2 Å². The second-order valence-electron chi connectivity index (χ2n) is 8.14. The molecule has 0 radical (unpaired) electrons. The van der Waals surface area contributed by atoms with Gasteiger partial charge in [-0.25, -0.2) is 8.42 Å². The number of halogens is 1. The summed E-state index contributed by atoms with van der Waals surface area (Å²) in [5, 5.41) is 3.36. The first kappa shape index (κ1) is 25.5. The third kappa shape index (κ3) is 6.83. The van der Waals surface area contributed by atoms with Gasteiger partial charge < -0.3 is 15.0 Å². The van der Waals surface area contributed by atoms with Gasteiger partial charge in [0.1, 0.15) is 12.4 Å². The van der Waals surface area contributed by atoms with Gasteiger partial charge in [-0.2, -0.15) is 0 Å². The Morgan fingerprint density at radius 3 is 2.39 bits per heavy atom. The van der Waals surface area contributed by atoms with Gasteiger partial charge in [-0.1, -0.05) is 42.5 Å². The van der Waals surface area contributed by atoms with Gasteiger partial charge >= 0.3 is 0 Å². The van der Waals surface area contributed by atoms with E-state index in [0.29, 0.717) is 19.7 Å². The second-order valence-corrected chi connectivity index (χ2v) is 10.9. The molecule has 1 aliphatic rings. The first-order valence-corrected chi connectivity index (χ1v) is 11.9. The van der Waals surface area contributed by atoms with E-state index in [1.54, 1.807) is 20.9 Å². The summed E-state index contributed by atoms with van der Waals surface area (Å²) in [6, 6.07) is 18.2. The predicted octanol–water partition coefficient (Wildman–Crippen LogP) is 3.51. The summed E-state index contributed by atoms with van der Waals surface area (Å²) in [7, 11) is -1.33. The fraction of sp³-hybridized carbons (Fsp3) is 0.435. The molecule has 1 N–H and O–H groups in total. The maximum Gasteiger partial charge on any atom is 0.193 e. The molecule has 31 heavy (non-hydrogen) atoms. The Labute approximate surface area is 203 Å². The van der Waals surface area contributed by atoms with Crippen LogP contribution in [-0.4, -0.2) is 56.5 Å². The maximum absolute atomic E-state index is 12.2. The van der Waals surface area contributed by atoms with Crippen molar-refractivity contribution in [2.45, 2.75) is 31.6 Å². The molecule has 1 saturated heterocycles. The van der Waals surface area contributed by atoms with E-state index in [2.05, 4.69) is 22.4 Å². The van der Waals surface area contributed by atoms with Gasteiger partial charge in [0.25, 0.3) is 0 Å². The zero-order chi connectivity index (χ0) is 21.6. The number of guanidine groups is 1. The zero-order valence-electron chi connectivity index (χ0n) is 18.4. The molecule has 170 valence electrons. The van der Waals surface area contributed by atoms with Crippen LogP contribution in [0.3, 0.4) is 0 Å². The van der Waals surface area contributed by atoms with Crippen LogP contribution in [0.1, 0.15) is 25.0 Å². The number of ether oxygens (including phenoxy) is 1. The van der Waals surface area contributed by atoms with Crippen molar-refractivity contribution in [3.8, 4) is 5.75 Å². The lowest BCUT2D eigenvalue weighted by molar-refractivity contribution is 0.306. The zero-order valence-corrected chi connectivity index (χ0v) is 21.5. The van der Waals surface area contributed by atoms with E-state index in [4.69, 9.17) is 4.74 Å². The molecule has 6 nitrogen and oxygen atoms in total. The van der Waals surface area contributed by atoms with Crippen molar-refractivity contribution in [2.24, 2.45) is 4.99 Å². The number of nitrogens with one attached hydrogen (secondary N) is 1. The molecule has 1 heterocycles. The third-order valence-electron chi connectivity index (χ3n) is 5.42. The molecule has 2 aromatic carbocycles. The van der Waals surface area contributed by atoms with Gasteiger partial charge in [-0.05, 0) is 43.5 Å². The van der Waals surface area contributed by atoms with E-state index >= 15 is 0 Å². The topological polar surface area (TPSA) is 71.0 Å². The van der Waals surface area contributed by atoms with Crippen molar-refractivity contribution in [1.82, 2.24) is 10.2 Å². The Morgan fingerprint density at radius 2 is 1.77 bits per heavy atom. The second kappa shape index (κ2) is 11.2. The molecule has 0 atom stereocenters. The predicted molar refractivity (Wildman–Crippen MR) is 137 cm³/mol. The molecule has 0 aromatic heterocycles. The molecule has 0 bridgehead atoms. The van der Waals surface area contributed by atoms with Gasteiger partial charge in [0.05, 0.1) is 10.5 Å². The highest BCUT2D eigenvalue weighted by Crippen LogP contribution is 2.23. The lowest BCUT2D eigenvalue weighted by Gasteiger charge is -2.39. The monoisotopic (exact) mass is 557 g/mol. The Bertz CT molecular complexity index is 961. The molecule has 0 saturated carbocycles. The standard InChI is InChI=1S/C23H31N3O3S.HI/c1-23(2)18-26(15-16-30(23,27)28)22(24-3)25-14-13-19-9-11-21(12-10-19)29-17-20-7-5-4-6-8-20;/h4-12H,13-18H2,1-3H3,(H,24,25);1H. The Balaban J connectivity index is 0.00000341. The number of hydrogen-bond acceptors (Lipinski definition) is 4. The summed E-state index contributed by atoms with van der Waals surface area (Å²) in [6.45, 7) is 5.76. The van der Waals surface area contributed by atoms with Crippen molar-refractivity contribution in [3.63, 3.8) is 0 Å². The van der Waals surface area contributed by atoms with Gasteiger partial charge in [0, 0.05) is 26.7 Å². The van der Waals surface area contributed by atoms with Crippen molar-refractivity contribution in [2.75, 3.05) is 32.4 Å². The van der Waals surface area contributed by atoms with Gasteiger partial charge in [0.15, 0.2) is 15.8 Å². The largest absolute Gasteiger partial charge is 0.489 e. The summed E-state index contributed by atoms with van der Waals surface area (Å²) in [5.41, 5.74) is 2.34. The molecule has 3 rings (SSSR count). The van der Waals surface area contributed by atoms with Gasteiger partial charge in [0.2, 0.25) is 0 Å². The average Bonchev–Trinajstić information content (AvgIpc) is 2.73. The van der Waals surface area contributed by atoms with Crippen LogP contribution in [0.15, 0.2) is 59.6 Å². The number of sulfone groups is 1. The molecule has 0 spiro atoms. The van der Waals surface area contributed by atoms with Crippen LogP contribution < -0.4 is 10.1 Å². The van der Waals surface area contributed by atoms with Crippen LogP contribution in [0.2, 0.25) is 0 Å². The summed E-state index contributed by atoms with van der Waals surface area (Å²) in [6.07, 6.45) is 0.841. The highest BCUT2D eigenvalue weighted by molar-refractivity contribution is 14.0. The maximum atomic E-state index is 12.2. The fourth-order valence-electron chi connectivity index (χ4n) is 3.47. The van der Waals surface area contributed by atoms with Crippen LogP contribution in [0.4, 0.5) is 0 Å². The minimum absolute atomic E-state index is 0. The smallest absolute Gasteiger partial charge is 0.193 e. The van der Waals surface area contributed by atoms with Gasteiger partial charge in [-0.3, -0.25) is 4.99 Å². The van der Waals surface area contributed by atoms with Crippen molar-refractivity contribution in [1.29, 1.82) is 0 Å². The molecule has 0 aliphatic carbocycles. The lowest BCUT2D eigenvalue weighted by Crippen LogP contribution is -2.57.